The highest BCUT2D eigenvalue weighted by atomic mass is 32.2. The lowest BCUT2D eigenvalue weighted by Gasteiger charge is -2.31. The smallest absolute Gasteiger partial charge is 0.281 e. The number of aromatic nitrogens is 2. The normalized spacial score (nSPS) is 16.8. The van der Waals surface area contributed by atoms with Crippen LogP contribution in [0.15, 0.2) is 29.4 Å². The number of rotatable bonds is 5. The molecule has 0 atom stereocenters. The lowest BCUT2D eigenvalue weighted by Crippen LogP contribution is -2.40. The molecule has 0 N–H and O–H groups in total. The Morgan fingerprint density at radius 1 is 1.25 bits per heavy atom. The molecule has 4 rings (SSSR count). The van der Waals surface area contributed by atoms with Gasteiger partial charge in [0.2, 0.25) is 5.88 Å². The molecule has 0 radical (unpaired) electrons. The second-order valence-electron chi connectivity index (χ2n) is 7.77. The SMILES string of the molecule is CCSC(=O)N1CCC(Oc2ncnc3c2CCN3c2ccc(S(C)(=O)=O)cc2F)CC1. The number of ether oxygens (including phenoxy) is 1. The van der Waals surface area contributed by atoms with Crippen molar-refractivity contribution in [2.24, 2.45) is 0 Å². The molecule has 11 heteroatoms. The van der Waals surface area contributed by atoms with Crippen LogP contribution in [0.25, 0.3) is 0 Å². The van der Waals surface area contributed by atoms with Gasteiger partial charge in [-0.2, -0.15) is 0 Å². The number of anilines is 2. The quantitative estimate of drug-likeness (QED) is 0.643. The van der Waals surface area contributed by atoms with Crippen molar-refractivity contribution in [3.05, 3.63) is 35.9 Å². The van der Waals surface area contributed by atoms with Crippen LogP contribution in [0.4, 0.5) is 20.7 Å². The van der Waals surface area contributed by atoms with Gasteiger partial charge in [0.25, 0.3) is 5.24 Å². The lowest BCUT2D eigenvalue weighted by atomic mass is 10.1. The maximum atomic E-state index is 14.7. The zero-order valence-corrected chi connectivity index (χ0v) is 19.6. The van der Waals surface area contributed by atoms with E-state index in [1.165, 1.54) is 30.2 Å². The third-order valence-corrected chi connectivity index (χ3v) is 7.51. The summed E-state index contributed by atoms with van der Waals surface area (Å²) in [5.41, 5.74) is 1.07. The number of nitrogens with zero attached hydrogens (tertiary/aromatic N) is 4. The van der Waals surface area contributed by atoms with E-state index in [0.29, 0.717) is 37.8 Å². The summed E-state index contributed by atoms with van der Waals surface area (Å²) in [5.74, 6) is 1.19. The average Bonchev–Trinajstić information content (AvgIpc) is 3.19. The number of hydrogen-bond acceptors (Lipinski definition) is 8. The summed E-state index contributed by atoms with van der Waals surface area (Å²) in [6.07, 6.45) is 4.42. The van der Waals surface area contributed by atoms with Crippen molar-refractivity contribution in [2.75, 3.05) is 36.5 Å². The van der Waals surface area contributed by atoms with Crippen molar-refractivity contribution < 1.29 is 22.3 Å². The fraction of sp³-hybridized carbons (Fsp3) is 0.476. The first-order valence-electron chi connectivity index (χ1n) is 10.5. The number of carbonyl (C=O) groups excluding carboxylic acids is 1. The van der Waals surface area contributed by atoms with Crippen LogP contribution >= 0.6 is 11.8 Å². The van der Waals surface area contributed by atoms with Crippen LogP contribution in [0.1, 0.15) is 25.3 Å². The highest BCUT2D eigenvalue weighted by Crippen LogP contribution is 2.38. The molecule has 1 fully saturated rings. The molecule has 0 unspecified atom stereocenters. The highest BCUT2D eigenvalue weighted by Gasteiger charge is 2.30. The van der Waals surface area contributed by atoms with Crippen LogP contribution in [0, 0.1) is 5.82 Å². The molecule has 2 aromatic rings. The molecule has 1 aromatic heterocycles. The van der Waals surface area contributed by atoms with E-state index < -0.39 is 15.7 Å². The van der Waals surface area contributed by atoms with Gasteiger partial charge in [-0.05, 0) is 30.4 Å². The summed E-state index contributed by atoms with van der Waals surface area (Å²) >= 11 is 1.32. The number of fused-ring (bicyclic) bond motifs is 1. The first-order valence-corrected chi connectivity index (χ1v) is 13.3. The van der Waals surface area contributed by atoms with E-state index in [-0.39, 0.29) is 21.9 Å². The third-order valence-electron chi connectivity index (χ3n) is 5.61. The van der Waals surface area contributed by atoms with Crippen molar-refractivity contribution >= 4 is 38.3 Å². The Kier molecular flexibility index (Phi) is 6.57. The van der Waals surface area contributed by atoms with Crippen LogP contribution in [0.2, 0.25) is 0 Å². The van der Waals surface area contributed by atoms with E-state index in [0.717, 1.165) is 36.5 Å². The van der Waals surface area contributed by atoms with E-state index in [9.17, 15) is 17.6 Å². The van der Waals surface area contributed by atoms with Gasteiger partial charge in [-0.15, -0.1) is 0 Å². The number of thioether (sulfide) groups is 1. The zero-order valence-electron chi connectivity index (χ0n) is 18.0. The molecule has 0 bridgehead atoms. The predicted molar refractivity (Wildman–Crippen MR) is 121 cm³/mol. The Balaban J connectivity index is 1.49. The van der Waals surface area contributed by atoms with Crippen molar-refractivity contribution in [3.8, 4) is 5.88 Å². The Labute approximate surface area is 191 Å². The molecule has 172 valence electrons. The van der Waals surface area contributed by atoms with Gasteiger partial charge in [-0.3, -0.25) is 4.79 Å². The average molecular weight is 481 g/mol. The predicted octanol–water partition coefficient (Wildman–Crippen LogP) is 3.43. The fourth-order valence-corrected chi connectivity index (χ4v) is 5.22. The van der Waals surface area contributed by atoms with E-state index in [1.807, 2.05) is 11.8 Å². The summed E-state index contributed by atoms with van der Waals surface area (Å²) in [5, 5.41) is 0.105. The van der Waals surface area contributed by atoms with Crippen molar-refractivity contribution in [3.63, 3.8) is 0 Å². The number of hydrogen-bond donors (Lipinski definition) is 0. The summed E-state index contributed by atoms with van der Waals surface area (Å²) in [4.78, 5) is 24.2. The molecule has 0 saturated carbocycles. The lowest BCUT2D eigenvalue weighted by molar-refractivity contribution is 0.114. The van der Waals surface area contributed by atoms with Gasteiger partial charge in [-0.25, -0.2) is 22.8 Å². The number of carbonyl (C=O) groups is 1. The minimum atomic E-state index is -3.49. The molecule has 1 amide bonds. The van der Waals surface area contributed by atoms with Gasteiger partial charge >= 0.3 is 0 Å². The molecule has 1 saturated heterocycles. The summed E-state index contributed by atoms with van der Waals surface area (Å²) < 4.78 is 44.3. The van der Waals surface area contributed by atoms with Crippen molar-refractivity contribution in [2.45, 2.75) is 37.2 Å². The Bertz CT molecular complexity index is 1120. The molecule has 0 spiro atoms. The molecule has 8 nitrogen and oxygen atoms in total. The van der Waals surface area contributed by atoms with Crippen molar-refractivity contribution in [1.82, 2.24) is 14.9 Å². The third kappa shape index (κ3) is 4.68. The summed E-state index contributed by atoms with van der Waals surface area (Å²) in [6, 6.07) is 3.90. The second kappa shape index (κ2) is 9.22. The Hall–Kier alpha value is -2.40. The molecule has 0 aliphatic carbocycles. The topological polar surface area (TPSA) is 92.7 Å². The zero-order chi connectivity index (χ0) is 22.9. The molecule has 32 heavy (non-hydrogen) atoms. The largest absolute Gasteiger partial charge is 0.474 e. The summed E-state index contributed by atoms with van der Waals surface area (Å²) in [6.45, 7) is 3.74. The number of amides is 1. The standard InChI is InChI=1S/C21H25FN4O4S2/c1-3-31-21(27)25-9-6-14(7-10-25)30-20-16-8-11-26(19(16)23-13-24-20)18-5-4-15(12-17(18)22)32(2,28)29/h4-5,12-14H,3,6-11H2,1-2H3. The second-order valence-corrected chi connectivity index (χ2v) is 11.0. The molecule has 2 aliphatic rings. The van der Waals surface area contributed by atoms with E-state index >= 15 is 0 Å². The van der Waals surface area contributed by atoms with E-state index in [2.05, 4.69) is 9.97 Å². The van der Waals surface area contributed by atoms with Crippen LogP contribution in [0.5, 0.6) is 5.88 Å². The fourth-order valence-electron chi connectivity index (χ4n) is 3.97. The Morgan fingerprint density at radius 2 is 2.00 bits per heavy atom. The van der Waals surface area contributed by atoms with Crippen LogP contribution in [-0.4, -0.2) is 66.3 Å². The van der Waals surface area contributed by atoms with E-state index in [1.54, 1.807) is 4.90 Å². The number of piperidine rings is 1. The van der Waals surface area contributed by atoms with Gasteiger partial charge in [-0.1, -0.05) is 18.7 Å². The highest BCUT2D eigenvalue weighted by molar-refractivity contribution is 8.13. The summed E-state index contributed by atoms with van der Waals surface area (Å²) in [7, 11) is -3.49. The maximum Gasteiger partial charge on any atom is 0.281 e. The number of likely N-dealkylation sites (tertiary alicyclic amines) is 1. The number of benzene rings is 1. The number of sulfone groups is 1. The van der Waals surface area contributed by atoms with Gasteiger partial charge in [0.05, 0.1) is 16.1 Å². The van der Waals surface area contributed by atoms with Gasteiger partial charge < -0.3 is 14.5 Å². The molecule has 2 aliphatic heterocycles. The van der Waals surface area contributed by atoms with Gasteiger partial charge in [0.1, 0.15) is 24.1 Å². The minimum absolute atomic E-state index is 0.0514. The van der Waals surface area contributed by atoms with Crippen LogP contribution in [-0.2, 0) is 16.3 Å². The first kappa shape index (κ1) is 22.8. The Morgan fingerprint density at radius 3 is 2.66 bits per heavy atom. The first-order chi connectivity index (χ1) is 15.3. The number of halogens is 1. The molecule has 3 heterocycles. The molecular weight excluding hydrogens is 455 g/mol. The maximum absolute atomic E-state index is 14.7. The van der Waals surface area contributed by atoms with E-state index in [4.69, 9.17) is 4.74 Å². The van der Waals surface area contributed by atoms with Crippen LogP contribution < -0.4 is 9.64 Å². The monoisotopic (exact) mass is 480 g/mol. The molecular formula is C21H25FN4O4S2. The van der Waals surface area contributed by atoms with Gasteiger partial charge in [0.15, 0.2) is 9.84 Å². The van der Waals surface area contributed by atoms with Crippen molar-refractivity contribution in [1.29, 1.82) is 0 Å². The van der Waals surface area contributed by atoms with Gasteiger partial charge in [0, 0.05) is 38.7 Å². The van der Waals surface area contributed by atoms with Crippen LogP contribution in [0.3, 0.4) is 0 Å². The molecule has 1 aromatic carbocycles. The minimum Gasteiger partial charge on any atom is -0.474 e.